The van der Waals surface area contributed by atoms with Gasteiger partial charge in [0.05, 0.1) is 5.02 Å². The highest BCUT2D eigenvalue weighted by Crippen LogP contribution is 2.29. The number of hydrogen-bond donors (Lipinski definition) is 0. The van der Waals surface area contributed by atoms with Crippen molar-refractivity contribution in [3.63, 3.8) is 0 Å². The molecule has 1 rings (SSSR count). The Morgan fingerprint density at radius 1 is 1.62 bits per heavy atom. The Balaban J connectivity index is 3.38. The topological polar surface area (TPSA) is 36.7 Å². The van der Waals surface area contributed by atoms with Crippen LogP contribution in [0.25, 0.3) is 0 Å². The number of hydrogen-bond acceptors (Lipinski definition) is 2. The van der Waals surface area contributed by atoms with E-state index in [9.17, 15) is 8.78 Å². The summed E-state index contributed by atoms with van der Waals surface area (Å²) < 4.78 is 24.9. The average Bonchev–Trinajstić information content (AvgIpc) is 2.08. The average molecular weight is 314 g/mol. The van der Waals surface area contributed by atoms with E-state index in [0.29, 0.717) is 3.70 Å². The third-order valence-electron chi connectivity index (χ3n) is 1.30. The fourth-order valence-corrected chi connectivity index (χ4v) is 1.55. The molecule has 0 aliphatic carbocycles. The van der Waals surface area contributed by atoms with Crippen LogP contribution in [0, 0.1) is 15.0 Å². The van der Waals surface area contributed by atoms with Gasteiger partial charge >= 0.3 is 0 Å². The summed E-state index contributed by atoms with van der Waals surface area (Å²) in [6.07, 6.45) is -2.68. The van der Waals surface area contributed by atoms with E-state index in [1.54, 1.807) is 28.7 Å². The van der Waals surface area contributed by atoms with E-state index in [-0.39, 0.29) is 16.3 Å². The summed E-state index contributed by atoms with van der Waals surface area (Å²) in [7, 11) is 0. The maximum absolute atomic E-state index is 12.3. The van der Waals surface area contributed by atoms with Gasteiger partial charge in [0.2, 0.25) is 0 Å². The number of nitrogens with zero attached hydrogens (tertiary/aromatic N) is 2. The maximum atomic E-state index is 12.3. The molecule has 0 saturated heterocycles. The van der Waals surface area contributed by atoms with Crippen LogP contribution in [-0.2, 0) is 0 Å². The van der Waals surface area contributed by atoms with Crippen LogP contribution in [0.15, 0.2) is 6.07 Å². The number of rotatable bonds is 1. The summed E-state index contributed by atoms with van der Waals surface area (Å²) >= 11 is 7.26. The SMILES string of the molecule is N#Cc1nc(I)cc(C(F)F)c1Cl. The molecule has 0 amide bonds. The summed E-state index contributed by atoms with van der Waals surface area (Å²) in [5, 5.41) is 8.24. The lowest BCUT2D eigenvalue weighted by molar-refractivity contribution is 0.151. The Morgan fingerprint density at radius 2 is 2.23 bits per heavy atom. The first-order chi connectivity index (χ1) is 6.06. The zero-order chi connectivity index (χ0) is 10.0. The fraction of sp³-hybridized carbons (Fsp3) is 0.143. The summed E-state index contributed by atoms with van der Waals surface area (Å²) in [6, 6.07) is 2.81. The van der Waals surface area contributed by atoms with Gasteiger partial charge < -0.3 is 0 Å². The molecule has 0 spiro atoms. The van der Waals surface area contributed by atoms with Gasteiger partial charge in [-0.05, 0) is 28.7 Å². The predicted molar refractivity (Wildman–Crippen MR) is 51.6 cm³/mol. The lowest BCUT2D eigenvalue weighted by Gasteiger charge is -2.03. The predicted octanol–water partition coefficient (Wildman–Crippen LogP) is 3.15. The summed E-state index contributed by atoms with van der Waals surface area (Å²) in [4.78, 5) is 3.69. The lowest BCUT2D eigenvalue weighted by Crippen LogP contribution is -1.95. The van der Waals surface area contributed by atoms with E-state index < -0.39 is 6.43 Å². The molecule has 1 aromatic heterocycles. The minimum Gasteiger partial charge on any atom is -0.230 e. The van der Waals surface area contributed by atoms with Crippen molar-refractivity contribution in [2.45, 2.75) is 6.43 Å². The van der Waals surface area contributed by atoms with E-state index in [0.717, 1.165) is 6.07 Å². The molecular weight excluding hydrogens is 312 g/mol. The van der Waals surface area contributed by atoms with Gasteiger partial charge in [0, 0.05) is 5.56 Å². The molecular formula is C7H2ClF2IN2. The van der Waals surface area contributed by atoms with Gasteiger partial charge in [-0.2, -0.15) is 5.26 Å². The summed E-state index contributed by atoms with van der Waals surface area (Å²) in [5.41, 5.74) is -0.513. The van der Waals surface area contributed by atoms with Crippen LogP contribution >= 0.6 is 34.2 Å². The van der Waals surface area contributed by atoms with Crippen molar-refractivity contribution in [2.75, 3.05) is 0 Å². The Morgan fingerprint density at radius 3 is 2.69 bits per heavy atom. The van der Waals surface area contributed by atoms with Crippen LogP contribution in [0.3, 0.4) is 0 Å². The van der Waals surface area contributed by atoms with Crippen molar-refractivity contribution in [1.82, 2.24) is 4.98 Å². The minimum atomic E-state index is -2.68. The van der Waals surface area contributed by atoms with Gasteiger partial charge in [-0.3, -0.25) is 0 Å². The largest absolute Gasteiger partial charge is 0.265 e. The third-order valence-corrected chi connectivity index (χ3v) is 2.25. The first kappa shape index (κ1) is 10.6. The highest BCUT2D eigenvalue weighted by molar-refractivity contribution is 14.1. The Bertz CT molecular complexity index is 375. The molecule has 0 atom stereocenters. The summed E-state index contributed by atoms with van der Waals surface area (Å²) in [6.45, 7) is 0. The molecule has 1 heterocycles. The molecule has 2 nitrogen and oxygen atoms in total. The number of aromatic nitrogens is 1. The van der Waals surface area contributed by atoms with Gasteiger partial charge in [0.1, 0.15) is 9.77 Å². The third kappa shape index (κ3) is 2.25. The molecule has 0 saturated carbocycles. The van der Waals surface area contributed by atoms with Crippen LogP contribution in [0.5, 0.6) is 0 Å². The van der Waals surface area contributed by atoms with Crippen molar-refractivity contribution < 1.29 is 8.78 Å². The highest BCUT2D eigenvalue weighted by Gasteiger charge is 2.16. The summed E-state index contributed by atoms with van der Waals surface area (Å²) in [5.74, 6) is 0. The number of alkyl halides is 2. The smallest absolute Gasteiger partial charge is 0.230 e. The Hall–Kier alpha value is -0.480. The van der Waals surface area contributed by atoms with Crippen LogP contribution in [0.2, 0.25) is 5.02 Å². The van der Waals surface area contributed by atoms with Gasteiger partial charge in [-0.1, -0.05) is 11.6 Å². The second-order valence-electron chi connectivity index (χ2n) is 2.11. The minimum absolute atomic E-state index is 0.163. The molecule has 13 heavy (non-hydrogen) atoms. The van der Waals surface area contributed by atoms with E-state index in [2.05, 4.69) is 4.98 Å². The lowest BCUT2D eigenvalue weighted by atomic mass is 10.2. The highest BCUT2D eigenvalue weighted by atomic mass is 127. The van der Waals surface area contributed by atoms with Crippen LogP contribution in [0.1, 0.15) is 17.7 Å². The zero-order valence-electron chi connectivity index (χ0n) is 6.06. The Labute approximate surface area is 91.7 Å². The molecule has 0 aliphatic rings. The number of pyridine rings is 1. The van der Waals surface area contributed by atoms with Crippen molar-refractivity contribution >= 4 is 34.2 Å². The molecule has 0 bridgehead atoms. The van der Waals surface area contributed by atoms with Crippen LogP contribution < -0.4 is 0 Å². The molecule has 0 fully saturated rings. The van der Waals surface area contributed by atoms with Crippen LogP contribution in [0.4, 0.5) is 8.78 Å². The fourth-order valence-electron chi connectivity index (χ4n) is 0.749. The molecule has 0 aromatic carbocycles. The van der Waals surface area contributed by atoms with E-state index in [1.807, 2.05) is 0 Å². The van der Waals surface area contributed by atoms with Gasteiger partial charge in [-0.25, -0.2) is 13.8 Å². The number of halogens is 4. The zero-order valence-corrected chi connectivity index (χ0v) is 8.97. The standard InChI is InChI=1S/C7H2ClF2IN2/c8-6-3(7(9)10)1-5(11)13-4(6)2-12/h1,7H. The van der Waals surface area contributed by atoms with E-state index in [4.69, 9.17) is 16.9 Å². The molecule has 0 N–H and O–H groups in total. The number of nitriles is 1. The van der Waals surface area contributed by atoms with Gasteiger partial charge in [0.15, 0.2) is 5.69 Å². The second kappa shape index (κ2) is 4.15. The first-order valence-corrected chi connectivity index (χ1v) is 4.56. The second-order valence-corrected chi connectivity index (χ2v) is 3.59. The molecule has 0 radical (unpaired) electrons. The van der Waals surface area contributed by atoms with E-state index >= 15 is 0 Å². The van der Waals surface area contributed by atoms with Crippen molar-refractivity contribution in [1.29, 1.82) is 5.26 Å². The van der Waals surface area contributed by atoms with Crippen molar-refractivity contribution in [3.05, 3.63) is 26.0 Å². The van der Waals surface area contributed by atoms with Crippen molar-refractivity contribution in [2.24, 2.45) is 0 Å². The maximum Gasteiger partial charge on any atom is 0.265 e. The van der Waals surface area contributed by atoms with E-state index in [1.165, 1.54) is 0 Å². The molecule has 68 valence electrons. The van der Waals surface area contributed by atoms with Crippen LogP contribution in [-0.4, -0.2) is 4.98 Å². The molecule has 0 aliphatic heterocycles. The quantitative estimate of drug-likeness (QED) is 0.590. The van der Waals surface area contributed by atoms with Gasteiger partial charge in [0.25, 0.3) is 6.43 Å². The first-order valence-electron chi connectivity index (χ1n) is 3.10. The molecule has 0 unspecified atom stereocenters. The monoisotopic (exact) mass is 314 g/mol. The molecule has 6 heteroatoms. The van der Waals surface area contributed by atoms with Crippen molar-refractivity contribution in [3.8, 4) is 6.07 Å². The normalized spacial score (nSPS) is 10.2. The molecule has 1 aromatic rings. The Kier molecular flexibility index (Phi) is 3.39. The van der Waals surface area contributed by atoms with Gasteiger partial charge in [-0.15, -0.1) is 0 Å².